The van der Waals surface area contributed by atoms with Crippen LogP contribution in [0.4, 0.5) is 0 Å². The van der Waals surface area contributed by atoms with E-state index in [0.29, 0.717) is 4.88 Å². The molecule has 0 aliphatic heterocycles. The summed E-state index contributed by atoms with van der Waals surface area (Å²) in [5, 5.41) is 1.71. The van der Waals surface area contributed by atoms with Crippen LogP contribution in [0.1, 0.15) is 16.0 Å². The largest absolute Gasteiger partial charge is 0.262 e. The first-order chi connectivity index (χ1) is 8.47. The maximum Gasteiger partial charge on any atom is 0.262 e. The summed E-state index contributed by atoms with van der Waals surface area (Å²) in [5.74, 6) is 0. The number of hydrogen-bond donors (Lipinski definition) is 0. The van der Waals surface area contributed by atoms with Crippen LogP contribution in [0.2, 0.25) is 0 Å². The minimum atomic E-state index is -3.67. The molecule has 1 aromatic heterocycles. The van der Waals surface area contributed by atoms with Gasteiger partial charge in [-0.2, -0.15) is 0 Å². The van der Waals surface area contributed by atoms with Gasteiger partial charge in [0.1, 0.15) is 4.90 Å². The highest BCUT2D eigenvalue weighted by molar-refractivity contribution is 8.13. The normalized spacial score (nSPS) is 12.1. The molecule has 1 aromatic carbocycles. The first-order valence-corrected chi connectivity index (χ1v) is 8.42. The highest BCUT2D eigenvalue weighted by Gasteiger charge is 2.14. The molecule has 0 aliphatic carbocycles. The lowest BCUT2D eigenvalue weighted by Gasteiger charge is -1.96. The fourth-order valence-electron chi connectivity index (χ4n) is 1.48. The Kier molecular flexibility index (Phi) is 3.90. The predicted octanol–water partition coefficient (Wildman–Crippen LogP) is 4.15. The monoisotopic (exact) mass is 298 g/mol. The van der Waals surface area contributed by atoms with Crippen molar-refractivity contribution in [2.45, 2.75) is 11.8 Å². The van der Waals surface area contributed by atoms with E-state index in [9.17, 15) is 8.42 Å². The molecule has 0 radical (unpaired) electrons. The van der Waals surface area contributed by atoms with Crippen LogP contribution >= 0.6 is 22.0 Å². The molecule has 0 N–H and O–H groups in total. The van der Waals surface area contributed by atoms with E-state index in [1.54, 1.807) is 11.5 Å². The first kappa shape index (κ1) is 13.3. The third-order valence-electron chi connectivity index (χ3n) is 2.42. The van der Waals surface area contributed by atoms with Crippen molar-refractivity contribution >= 4 is 43.2 Å². The lowest BCUT2D eigenvalue weighted by Crippen LogP contribution is -1.89. The summed E-state index contributed by atoms with van der Waals surface area (Å²) in [5.41, 5.74) is 2.21. The molecule has 2 rings (SSSR count). The molecule has 94 valence electrons. The lowest BCUT2D eigenvalue weighted by atomic mass is 10.1. The van der Waals surface area contributed by atoms with Crippen molar-refractivity contribution in [3.8, 4) is 0 Å². The van der Waals surface area contributed by atoms with Crippen molar-refractivity contribution in [2.24, 2.45) is 0 Å². The summed E-state index contributed by atoms with van der Waals surface area (Å²) in [6, 6.07) is 9.49. The van der Waals surface area contributed by atoms with Gasteiger partial charge in [0.05, 0.1) is 0 Å². The van der Waals surface area contributed by atoms with Crippen molar-refractivity contribution in [3.63, 3.8) is 0 Å². The molecule has 0 saturated heterocycles. The molecular weight excluding hydrogens is 288 g/mol. The highest BCUT2D eigenvalue weighted by atomic mass is 35.7. The van der Waals surface area contributed by atoms with E-state index in [4.69, 9.17) is 10.7 Å². The third kappa shape index (κ3) is 3.22. The van der Waals surface area contributed by atoms with Crippen molar-refractivity contribution in [2.75, 3.05) is 0 Å². The standard InChI is InChI=1S/C13H11ClO2S2/c1-10-2-4-11(5-3-10)6-7-12-13(8-9-17-12)18(14,15)16/h2-9H,1H3/b7-6+. The molecule has 0 unspecified atom stereocenters. The second-order valence-electron chi connectivity index (χ2n) is 3.83. The van der Waals surface area contributed by atoms with Gasteiger partial charge < -0.3 is 0 Å². The Morgan fingerprint density at radius 2 is 1.78 bits per heavy atom. The van der Waals surface area contributed by atoms with Gasteiger partial charge >= 0.3 is 0 Å². The Labute approximate surface area is 115 Å². The molecule has 0 bridgehead atoms. The Morgan fingerprint density at radius 3 is 2.39 bits per heavy atom. The summed E-state index contributed by atoms with van der Waals surface area (Å²) in [4.78, 5) is 0.808. The highest BCUT2D eigenvalue weighted by Crippen LogP contribution is 2.27. The van der Waals surface area contributed by atoms with E-state index in [1.165, 1.54) is 23.0 Å². The van der Waals surface area contributed by atoms with Gasteiger partial charge in [0.15, 0.2) is 0 Å². The number of hydrogen-bond acceptors (Lipinski definition) is 3. The number of benzene rings is 1. The Morgan fingerprint density at radius 1 is 1.11 bits per heavy atom. The summed E-state index contributed by atoms with van der Waals surface area (Å²) in [6.45, 7) is 2.02. The number of rotatable bonds is 3. The minimum Gasteiger partial charge on any atom is -0.207 e. The molecule has 1 heterocycles. The van der Waals surface area contributed by atoms with Crippen molar-refractivity contribution < 1.29 is 8.42 Å². The van der Waals surface area contributed by atoms with E-state index < -0.39 is 9.05 Å². The van der Waals surface area contributed by atoms with Crippen LogP contribution in [0.3, 0.4) is 0 Å². The average Bonchev–Trinajstić information content (AvgIpc) is 2.76. The zero-order chi connectivity index (χ0) is 13.2. The summed E-state index contributed by atoms with van der Waals surface area (Å²) < 4.78 is 22.6. The molecule has 18 heavy (non-hydrogen) atoms. The van der Waals surface area contributed by atoms with Crippen LogP contribution in [0.25, 0.3) is 12.2 Å². The molecule has 0 aliphatic rings. The van der Waals surface area contributed by atoms with Crippen LogP contribution in [-0.4, -0.2) is 8.42 Å². The van der Waals surface area contributed by atoms with Gasteiger partial charge in [-0.3, -0.25) is 0 Å². The first-order valence-electron chi connectivity index (χ1n) is 5.24. The minimum absolute atomic E-state index is 0.164. The predicted molar refractivity (Wildman–Crippen MR) is 77.5 cm³/mol. The molecule has 0 saturated carbocycles. The van der Waals surface area contributed by atoms with Gasteiger partial charge in [-0.05, 0) is 30.0 Å². The van der Waals surface area contributed by atoms with Crippen molar-refractivity contribution in [1.29, 1.82) is 0 Å². The Balaban J connectivity index is 2.30. The van der Waals surface area contributed by atoms with Crippen LogP contribution in [0.15, 0.2) is 40.6 Å². The van der Waals surface area contributed by atoms with Crippen LogP contribution in [-0.2, 0) is 9.05 Å². The molecule has 5 heteroatoms. The Hall–Kier alpha value is -1.10. The second kappa shape index (κ2) is 5.26. The maximum atomic E-state index is 11.3. The number of halogens is 1. The van der Waals surface area contributed by atoms with E-state index in [1.807, 2.05) is 37.3 Å². The van der Waals surface area contributed by atoms with Crippen LogP contribution in [0.5, 0.6) is 0 Å². The number of aryl methyl sites for hydroxylation is 1. The topological polar surface area (TPSA) is 34.1 Å². The molecule has 0 amide bonds. The zero-order valence-corrected chi connectivity index (χ0v) is 12.0. The van der Waals surface area contributed by atoms with Crippen molar-refractivity contribution in [1.82, 2.24) is 0 Å². The van der Waals surface area contributed by atoms with E-state index in [2.05, 4.69) is 0 Å². The lowest BCUT2D eigenvalue weighted by molar-refractivity contribution is 0.610. The second-order valence-corrected chi connectivity index (χ2v) is 7.31. The van der Waals surface area contributed by atoms with E-state index in [-0.39, 0.29) is 4.90 Å². The van der Waals surface area contributed by atoms with E-state index in [0.717, 1.165) is 5.56 Å². The van der Waals surface area contributed by atoms with Gasteiger partial charge in [-0.15, -0.1) is 11.3 Å². The quantitative estimate of drug-likeness (QED) is 0.798. The maximum absolute atomic E-state index is 11.3. The molecule has 0 atom stereocenters. The molecule has 0 spiro atoms. The molecule has 2 nitrogen and oxygen atoms in total. The molecular formula is C13H11ClO2S2. The van der Waals surface area contributed by atoms with Gasteiger partial charge in [-0.1, -0.05) is 35.9 Å². The number of thiophene rings is 1. The summed E-state index contributed by atoms with van der Waals surface area (Å²) >= 11 is 1.35. The van der Waals surface area contributed by atoms with Gasteiger partial charge in [0.25, 0.3) is 9.05 Å². The molecule has 2 aromatic rings. The van der Waals surface area contributed by atoms with Gasteiger partial charge in [-0.25, -0.2) is 8.42 Å². The fraction of sp³-hybridized carbons (Fsp3) is 0.0769. The fourth-order valence-corrected chi connectivity index (χ4v) is 3.80. The molecule has 0 fully saturated rings. The van der Waals surface area contributed by atoms with Gasteiger partial charge in [0, 0.05) is 15.6 Å². The van der Waals surface area contributed by atoms with Crippen LogP contribution in [0, 0.1) is 6.92 Å². The summed E-state index contributed by atoms with van der Waals surface area (Å²) in [7, 11) is 1.68. The average molecular weight is 299 g/mol. The third-order valence-corrected chi connectivity index (χ3v) is 4.82. The SMILES string of the molecule is Cc1ccc(/C=C/c2sccc2S(=O)(=O)Cl)cc1. The van der Waals surface area contributed by atoms with E-state index >= 15 is 0 Å². The van der Waals surface area contributed by atoms with Crippen molar-refractivity contribution in [3.05, 3.63) is 51.7 Å². The Bertz CT molecular complexity index is 667. The van der Waals surface area contributed by atoms with Crippen LogP contribution < -0.4 is 0 Å². The van der Waals surface area contributed by atoms with Gasteiger partial charge in [0.2, 0.25) is 0 Å². The summed E-state index contributed by atoms with van der Waals surface area (Å²) in [6.07, 6.45) is 3.64. The smallest absolute Gasteiger partial charge is 0.207 e. The zero-order valence-electron chi connectivity index (χ0n) is 9.63.